The van der Waals surface area contributed by atoms with Crippen molar-refractivity contribution in [2.45, 2.75) is 26.2 Å². The lowest BCUT2D eigenvalue weighted by molar-refractivity contribution is 0.102. The van der Waals surface area contributed by atoms with Crippen LogP contribution in [0.25, 0.3) is 0 Å². The molecule has 0 fully saturated rings. The van der Waals surface area contributed by atoms with E-state index in [1.807, 2.05) is 24.3 Å². The SMILES string of the molecule is CC(C)(C)c1ccc(C(=O)Nc2ccc(=S)[nH]c2)cc1. The van der Waals surface area contributed by atoms with Crippen molar-refractivity contribution in [1.29, 1.82) is 0 Å². The Morgan fingerprint density at radius 3 is 2.25 bits per heavy atom. The molecule has 1 aromatic heterocycles. The Kier molecular flexibility index (Phi) is 4.04. The van der Waals surface area contributed by atoms with Gasteiger partial charge in [0, 0.05) is 11.8 Å². The number of carbonyl (C=O) groups excluding carboxylic acids is 1. The minimum Gasteiger partial charge on any atom is -0.351 e. The Labute approximate surface area is 124 Å². The molecule has 0 aliphatic rings. The Balaban J connectivity index is 2.13. The number of hydrogen-bond donors (Lipinski definition) is 2. The van der Waals surface area contributed by atoms with Crippen LogP contribution < -0.4 is 5.32 Å². The molecule has 1 aromatic carbocycles. The van der Waals surface area contributed by atoms with E-state index in [0.717, 1.165) is 0 Å². The van der Waals surface area contributed by atoms with E-state index in [1.54, 1.807) is 18.3 Å². The van der Waals surface area contributed by atoms with Crippen molar-refractivity contribution in [2.24, 2.45) is 0 Å². The van der Waals surface area contributed by atoms with Crippen molar-refractivity contribution in [3.05, 3.63) is 58.4 Å². The van der Waals surface area contributed by atoms with Gasteiger partial charge in [-0.05, 0) is 35.2 Å². The van der Waals surface area contributed by atoms with Gasteiger partial charge in [-0.3, -0.25) is 4.79 Å². The number of hydrogen-bond acceptors (Lipinski definition) is 2. The standard InChI is InChI=1S/C16H18N2OS/c1-16(2,3)12-6-4-11(5-7-12)15(19)18-13-8-9-14(20)17-10-13/h4-10H,1-3H3,(H,17,20)(H,18,19). The number of aromatic nitrogens is 1. The first kappa shape index (κ1) is 14.5. The molecule has 0 aliphatic heterocycles. The number of benzene rings is 1. The molecule has 0 saturated carbocycles. The van der Waals surface area contributed by atoms with Gasteiger partial charge in [-0.1, -0.05) is 45.1 Å². The summed E-state index contributed by atoms with van der Waals surface area (Å²) in [5, 5.41) is 2.83. The Morgan fingerprint density at radius 1 is 1.10 bits per heavy atom. The van der Waals surface area contributed by atoms with Crippen LogP contribution >= 0.6 is 12.2 Å². The molecule has 20 heavy (non-hydrogen) atoms. The lowest BCUT2D eigenvalue weighted by atomic mass is 9.87. The summed E-state index contributed by atoms with van der Waals surface area (Å²) in [6, 6.07) is 11.2. The molecule has 1 heterocycles. The average Bonchev–Trinajstić information content (AvgIpc) is 2.40. The highest BCUT2D eigenvalue weighted by Crippen LogP contribution is 2.22. The van der Waals surface area contributed by atoms with Crippen molar-refractivity contribution in [1.82, 2.24) is 4.98 Å². The van der Waals surface area contributed by atoms with Crippen LogP contribution in [0.1, 0.15) is 36.7 Å². The van der Waals surface area contributed by atoms with E-state index in [2.05, 4.69) is 31.1 Å². The fourth-order valence-electron chi connectivity index (χ4n) is 1.81. The molecule has 2 rings (SSSR count). The molecule has 0 unspecified atom stereocenters. The van der Waals surface area contributed by atoms with Gasteiger partial charge in [0.25, 0.3) is 5.91 Å². The highest BCUT2D eigenvalue weighted by molar-refractivity contribution is 7.71. The van der Waals surface area contributed by atoms with Gasteiger partial charge < -0.3 is 10.3 Å². The van der Waals surface area contributed by atoms with Crippen LogP contribution in [0.4, 0.5) is 5.69 Å². The molecule has 2 N–H and O–H groups in total. The predicted octanol–water partition coefficient (Wildman–Crippen LogP) is 4.29. The number of aromatic amines is 1. The molecule has 0 bridgehead atoms. The number of nitrogens with one attached hydrogen (secondary N) is 2. The first-order chi connectivity index (χ1) is 9.36. The van der Waals surface area contributed by atoms with Gasteiger partial charge >= 0.3 is 0 Å². The van der Waals surface area contributed by atoms with Crippen molar-refractivity contribution in [3.8, 4) is 0 Å². The van der Waals surface area contributed by atoms with Crippen LogP contribution in [-0.4, -0.2) is 10.9 Å². The zero-order valence-corrected chi connectivity index (χ0v) is 12.7. The summed E-state index contributed by atoms with van der Waals surface area (Å²) in [4.78, 5) is 15.0. The van der Waals surface area contributed by atoms with E-state index in [9.17, 15) is 4.79 Å². The molecular weight excluding hydrogens is 268 g/mol. The van der Waals surface area contributed by atoms with Crippen LogP contribution in [0.15, 0.2) is 42.6 Å². The van der Waals surface area contributed by atoms with E-state index >= 15 is 0 Å². The van der Waals surface area contributed by atoms with E-state index in [0.29, 0.717) is 15.9 Å². The zero-order valence-electron chi connectivity index (χ0n) is 11.9. The lowest BCUT2D eigenvalue weighted by Gasteiger charge is -2.19. The predicted molar refractivity (Wildman–Crippen MR) is 84.7 cm³/mol. The molecule has 2 aromatic rings. The zero-order chi connectivity index (χ0) is 14.8. The van der Waals surface area contributed by atoms with Gasteiger partial charge in [0.1, 0.15) is 4.64 Å². The Hall–Kier alpha value is -1.94. The molecule has 1 amide bonds. The molecule has 0 atom stereocenters. The largest absolute Gasteiger partial charge is 0.351 e. The van der Waals surface area contributed by atoms with Crippen molar-refractivity contribution in [2.75, 3.05) is 5.32 Å². The van der Waals surface area contributed by atoms with Crippen LogP contribution in [0.5, 0.6) is 0 Å². The smallest absolute Gasteiger partial charge is 0.255 e. The lowest BCUT2D eigenvalue weighted by Crippen LogP contribution is -2.14. The van der Waals surface area contributed by atoms with Gasteiger partial charge in [0.15, 0.2) is 0 Å². The quantitative estimate of drug-likeness (QED) is 0.809. The van der Waals surface area contributed by atoms with E-state index in [4.69, 9.17) is 12.2 Å². The summed E-state index contributed by atoms with van der Waals surface area (Å²) in [5.74, 6) is -0.129. The topological polar surface area (TPSA) is 44.9 Å². The maximum atomic E-state index is 12.1. The molecular formula is C16H18N2OS. The van der Waals surface area contributed by atoms with Gasteiger partial charge in [-0.15, -0.1) is 0 Å². The average molecular weight is 286 g/mol. The third kappa shape index (κ3) is 3.54. The molecule has 3 nitrogen and oxygen atoms in total. The van der Waals surface area contributed by atoms with E-state index < -0.39 is 0 Å². The number of H-pyrrole nitrogens is 1. The number of rotatable bonds is 2. The first-order valence-electron chi connectivity index (χ1n) is 6.47. The fraction of sp³-hybridized carbons (Fsp3) is 0.250. The summed E-state index contributed by atoms with van der Waals surface area (Å²) >= 11 is 4.96. The highest BCUT2D eigenvalue weighted by Gasteiger charge is 2.14. The van der Waals surface area contributed by atoms with Gasteiger partial charge in [0.2, 0.25) is 0 Å². The molecule has 0 aliphatic carbocycles. The van der Waals surface area contributed by atoms with Crippen LogP contribution in [0, 0.1) is 4.64 Å². The monoisotopic (exact) mass is 286 g/mol. The fourth-order valence-corrected chi connectivity index (χ4v) is 1.94. The van der Waals surface area contributed by atoms with Gasteiger partial charge in [0.05, 0.1) is 5.69 Å². The minimum absolute atomic E-state index is 0.0866. The number of anilines is 1. The molecule has 104 valence electrons. The summed E-state index contributed by atoms with van der Waals surface area (Å²) in [6.45, 7) is 6.44. The molecule has 0 radical (unpaired) electrons. The summed E-state index contributed by atoms with van der Waals surface area (Å²) in [7, 11) is 0. The van der Waals surface area contributed by atoms with Crippen molar-refractivity contribution >= 4 is 23.8 Å². The van der Waals surface area contributed by atoms with Crippen molar-refractivity contribution < 1.29 is 4.79 Å². The summed E-state index contributed by atoms with van der Waals surface area (Å²) in [5.41, 5.74) is 2.63. The second kappa shape index (κ2) is 5.59. The third-order valence-corrected chi connectivity index (χ3v) is 3.31. The number of amides is 1. The van der Waals surface area contributed by atoms with Gasteiger partial charge in [-0.2, -0.15) is 0 Å². The van der Waals surface area contributed by atoms with Gasteiger partial charge in [-0.25, -0.2) is 0 Å². The maximum Gasteiger partial charge on any atom is 0.255 e. The maximum absolute atomic E-state index is 12.1. The normalized spacial score (nSPS) is 11.2. The van der Waals surface area contributed by atoms with Crippen LogP contribution in [0.3, 0.4) is 0 Å². The van der Waals surface area contributed by atoms with Crippen molar-refractivity contribution in [3.63, 3.8) is 0 Å². The molecule has 0 saturated heterocycles. The second-order valence-electron chi connectivity index (χ2n) is 5.72. The minimum atomic E-state index is -0.129. The number of carbonyl (C=O) groups is 1. The van der Waals surface area contributed by atoms with E-state index in [-0.39, 0.29) is 11.3 Å². The first-order valence-corrected chi connectivity index (χ1v) is 6.88. The molecule has 0 spiro atoms. The summed E-state index contributed by atoms with van der Waals surface area (Å²) < 4.78 is 0.637. The van der Waals surface area contributed by atoms with Crippen LogP contribution in [0.2, 0.25) is 0 Å². The Bertz CT molecular complexity index is 646. The molecule has 4 heteroatoms. The third-order valence-electron chi connectivity index (χ3n) is 3.06. The Morgan fingerprint density at radius 2 is 1.75 bits per heavy atom. The highest BCUT2D eigenvalue weighted by atomic mass is 32.1. The summed E-state index contributed by atoms with van der Waals surface area (Å²) in [6.07, 6.45) is 1.68. The van der Waals surface area contributed by atoms with Crippen LogP contribution in [-0.2, 0) is 5.41 Å². The second-order valence-corrected chi connectivity index (χ2v) is 6.16. The van der Waals surface area contributed by atoms with E-state index in [1.165, 1.54) is 5.56 Å². The number of pyridine rings is 1.